The molecule has 0 rings (SSSR count). The smallest absolute Gasteiger partial charge is 0.188 e. The average molecular weight is 187 g/mol. The summed E-state index contributed by atoms with van der Waals surface area (Å²) in [5.41, 5.74) is 0. The largest absolute Gasteiger partial charge is 0.296 e. The summed E-state index contributed by atoms with van der Waals surface area (Å²) in [5.74, 6) is 0. The van der Waals surface area contributed by atoms with Crippen molar-refractivity contribution in [3.63, 3.8) is 0 Å². The first kappa shape index (κ1) is 10.6. The highest BCUT2D eigenvalue weighted by atomic mass is 35.7. The van der Waals surface area contributed by atoms with Crippen molar-refractivity contribution >= 4 is 18.8 Å². The molecular formula is C4H12ClN2O2P. The SMILES string of the molecule is CON(C)P(Cl)N(C)OC. The first-order valence-electron chi connectivity index (χ1n) is 2.65. The van der Waals surface area contributed by atoms with Crippen molar-refractivity contribution < 1.29 is 9.68 Å². The quantitative estimate of drug-likeness (QED) is 0.490. The van der Waals surface area contributed by atoms with Crippen LogP contribution < -0.4 is 0 Å². The maximum absolute atomic E-state index is 5.85. The molecule has 0 heterocycles. The van der Waals surface area contributed by atoms with Gasteiger partial charge in [0.05, 0.1) is 14.2 Å². The van der Waals surface area contributed by atoms with Crippen molar-refractivity contribution in [3.8, 4) is 0 Å². The Balaban J connectivity index is 3.69. The molecule has 0 saturated heterocycles. The van der Waals surface area contributed by atoms with Crippen molar-refractivity contribution in [2.24, 2.45) is 0 Å². The number of hydrogen-bond donors (Lipinski definition) is 0. The van der Waals surface area contributed by atoms with Crippen molar-refractivity contribution in [3.05, 3.63) is 0 Å². The summed E-state index contributed by atoms with van der Waals surface area (Å²) in [4.78, 5) is 12.7. The van der Waals surface area contributed by atoms with E-state index < -0.39 is 7.58 Å². The fraction of sp³-hybridized carbons (Fsp3) is 1.00. The van der Waals surface area contributed by atoms with Crippen LogP contribution in [0.5, 0.6) is 0 Å². The van der Waals surface area contributed by atoms with Gasteiger partial charge in [-0.05, 0) is 0 Å². The third kappa shape index (κ3) is 3.10. The Morgan fingerprint density at radius 3 is 1.60 bits per heavy atom. The fourth-order valence-corrected chi connectivity index (χ4v) is 1.31. The van der Waals surface area contributed by atoms with E-state index >= 15 is 0 Å². The second-order valence-electron chi connectivity index (χ2n) is 1.53. The Kier molecular flexibility index (Phi) is 5.54. The van der Waals surface area contributed by atoms with Crippen molar-refractivity contribution in [1.82, 2.24) is 9.67 Å². The van der Waals surface area contributed by atoms with E-state index in [1.54, 1.807) is 28.3 Å². The summed E-state index contributed by atoms with van der Waals surface area (Å²) in [6, 6.07) is 0. The molecule has 0 spiro atoms. The van der Waals surface area contributed by atoms with Gasteiger partial charge < -0.3 is 0 Å². The van der Waals surface area contributed by atoms with E-state index in [0.29, 0.717) is 0 Å². The van der Waals surface area contributed by atoms with Gasteiger partial charge in [0.2, 0.25) is 0 Å². The maximum atomic E-state index is 5.85. The van der Waals surface area contributed by atoms with E-state index in [1.165, 1.54) is 9.67 Å². The molecule has 0 aliphatic heterocycles. The molecule has 0 aliphatic carbocycles. The summed E-state index contributed by atoms with van der Waals surface area (Å²) < 4.78 is 0. The van der Waals surface area contributed by atoms with E-state index in [4.69, 9.17) is 20.9 Å². The number of halogens is 1. The molecule has 6 heteroatoms. The number of hydrogen-bond acceptors (Lipinski definition) is 4. The average Bonchev–Trinajstić information content (AvgIpc) is 2.00. The Bertz CT molecular complexity index is 87.3. The Hall–Kier alpha value is 0.560. The van der Waals surface area contributed by atoms with Crippen LogP contribution in [0.15, 0.2) is 0 Å². The van der Waals surface area contributed by atoms with Crippen molar-refractivity contribution in [1.29, 1.82) is 0 Å². The van der Waals surface area contributed by atoms with Gasteiger partial charge in [-0.3, -0.25) is 9.68 Å². The lowest BCUT2D eigenvalue weighted by molar-refractivity contribution is -0.0649. The molecule has 0 radical (unpaired) electrons. The topological polar surface area (TPSA) is 24.9 Å². The third-order valence-electron chi connectivity index (χ3n) is 0.993. The van der Waals surface area contributed by atoms with Crippen LogP contribution in [0.4, 0.5) is 0 Å². The molecule has 4 nitrogen and oxygen atoms in total. The molecule has 0 aromatic heterocycles. The van der Waals surface area contributed by atoms with Gasteiger partial charge in [-0.15, -0.1) is 9.67 Å². The molecule has 0 amide bonds. The molecular weight excluding hydrogens is 174 g/mol. The van der Waals surface area contributed by atoms with Crippen LogP contribution in [-0.2, 0) is 9.68 Å². The molecule has 0 aliphatic rings. The summed E-state index contributed by atoms with van der Waals surface area (Å²) in [5, 5.41) is 0. The summed E-state index contributed by atoms with van der Waals surface area (Å²) in [7, 11) is 5.59. The first-order valence-corrected chi connectivity index (χ1v) is 4.80. The summed E-state index contributed by atoms with van der Waals surface area (Å²) in [6.07, 6.45) is 0. The first-order chi connectivity index (χ1) is 4.63. The lowest BCUT2D eigenvalue weighted by atomic mass is 11.5. The maximum Gasteiger partial charge on any atom is 0.188 e. The molecule has 10 heavy (non-hydrogen) atoms. The molecule has 0 fully saturated rings. The fourth-order valence-electron chi connectivity index (χ4n) is 0.312. The zero-order valence-electron chi connectivity index (χ0n) is 6.54. The zero-order chi connectivity index (χ0) is 8.15. The lowest BCUT2D eigenvalue weighted by Crippen LogP contribution is -2.18. The lowest BCUT2D eigenvalue weighted by Gasteiger charge is -2.25. The van der Waals surface area contributed by atoms with E-state index in [-0.39, 0.29) is 0 Å². The van der Waals surface area contributed by atoms with E-state index in [1.807, 2.05) is 0 Å². The minimum atomic E-state index is -1.01. The molecule has 0 atom stereocenters. The zero-order valence-corrected chi connectivity index (χ0v) is 8.19. The van der Waals surface area contributed by atoms with Gasteiger partial charge in [-0.25, -0.2) is 0 Å². The molecule has 0 aromatic carbocycles. The molecule has 0 unspecified atom stereocenters. The molecule has 62 valence electrons. The van der Waals surface area contributed by atoms with Crippen LogP contribution in [0.1, 0.15) is 0 Å². The van der Waals surface area contributed by atoms with Gasteiger partial charge in [0.1, 0.15) is 0 Å². The Morgan fingerprint density at radius 1 is 1.10 bits per heavy atom. The van der Waals surface area contributed by atoms with Crippen LogP contribution in [0.3, 0.4) is 0 Å². The highest BCUT2D eigenvalue weighted by Gasteiger charge is 2.16. The minimum absolute atomic E-state index is 1.01. The van der Waals surface area contributed by atoms with Crippen LogP contribution in [0, 0.1) is 0 Å². The number of rotatable bonds is 4. The third-order valence-corrected chi connectivity index (χ3v) is 3.53. The van der Waals surface area contributed by atoms with Gasteiger partial charge in [0, 0.05) is 14.1 Å². The summed E-state index contributed by atoms with van der Waals surface area (Å²) >= 11 is 5.85. The van der Waals surface area contributed by atoms with Gasteiger partial charge in [-0.1, -0.05) is 11.2 Å². The van der Waals surface area contributed by atoms with E-state index in [0.717, 1.165) is 0 Å². The summed E-state index contributed by atoms with van der Waals surface area (Å²) in [6.45, 7) is 0. The monoisotopic (exact) mass is 186 g/mol. The highest BCUT2D eigenvalue weighted by molar-refractivity contribution is 7.79. The van der Waals surface area contributed by atoms with Gasteiger partial charge in [-0.2, -0.15) is 0 Å². The Morgan fingerprint density at radius 2 is 1.40 bits per heavy atom. The normalized spacial score (nSPS) is 12.0. The molecule has 0 N–H and O–H groups in total. The highest BCUT2D eigenvalue weighted by Crippen LogP contribution is 2.46. The predicted octanol–water partition coefficient (Wildman–Crippen LogP) is 1.44. The standard InChI is InChI=1S/C4H12ClN2O2P/c1-6(8-3)10(5)7(2)9-4/h1-4H3. The van der Waals surface area contributed by atoms with Crippen LogP contribution >= 0.6 is 18.8 Å². The van der Waals surface area contributed by atoms with Crippen LogP contribution in [-0.4, -0.2) is 38.0 Å². The van der Waals surface area contributed by atoms with Crippen LogP contribution in [0.2, 0.25) is 0 Å². The van der Waals surface area contributed by atoms with Gasteiger partial charge >= 0.3 is 0 Å². The number of hydroxylamine groups is 2. The molecule has 0 aromatic rings. The van der Waals surface area contributed by atoms with Crippen LogP contribution in [0.25, 0.3) is 0 Å². The Labute approximate surface area is 67.2 Å². The van der Waals surface area contributed by atoms with Gasteiger partial charge in [0.15, 0.2) is 7.58 Å². The van der Waals surface area contributed by atoms with E-state index in [9.17, 15) is 0 Å². The minimum Gasteiger partial charge on any atom is -0.296 e. The molecule has 0 saturated carbocycles. The molecule has 0 bridgehead atoms. The van der Waals surface area contributed by atoms with Crippen molar-refractivity contribution in [2.45, 2.75) is 0 Å². The van der Waals surface area contributed by atoms with Gasteiger partial charge in [0.25, 0.3) is 0 Å². The van der Waals surface area contributed by atoms with Crippen molar-refractivity contribution in [2.75, 3.05) is 28.3 Å². The van der Waals surface area contributed by atoms with E-state index in [2.05, 4.69) is 0 Å². The second-order valence-corrected chi connectivity index (χ2v) is 4.05. The second kappa shape index (κ2) is 5.24. The predicted molar refractivity (Wildman–Crippen MR) is 42.3 cm³/mol. The number of nitrogens with zero attached hydrogens (tertiary/aromatic N) is 2.